The number of halogens is 1. The number of nitrogens with zero attached hydrogens (tertiary/aromatic N) is 2. The Labute approximate surface area is 166 Å². The molecule has 0 aliphatic carbocycles. The number of hydrogen-bond donors (Lipinski definition) is 1. The van der Waals surface area contributed by atoms with Gasteiger partial charge in [-0.25, -0.2) is 9.97 Å². The van der Waals surface area contributed by atoms with Crippen LogP contribution in [0.4, 0.5) is 5.13 Å². The van der Waals surface area contributed by atoms with Crippen LogP contribution >= 0.6 is 45.6 Å². The summed E-state index contributed by atoms with van der Waals surface area (Å²) in [6, 6.07) is 3.74. The molecule has 3 heterocycles. The maximum absolute atomic E-state index is 12.2. The number of rotatable bonds is 7. The second kappa shape index (κ2) is 8.72. The van der Waals surface area contributed by atoms with Crippen LogP contribution in [0.3, 0.4) is 0 Å². The van der Waals surface area contributed by atoms with Crippen LogP contribution in [0.1, 0.15) is 18.3 Å². The van der Waals surface area contributed by atoms with Crippen molar-refractivity contribution in [1.82, 2.24) is 9.97 Å². The molecule has 0 atom stereocenters. The lowest BCUT2D eigenvalue weighted by Gasteiger charge is -2.00. The van der Waals surface area contributed by atoms with E-state index in [1.54, 1.807) is 12.3 Å². The monoisotopic (exact) mass is 427 g/mol. The lowest BCUT2D eigenvalue weighted by Crippen LogP contribution is -2.14. The quantitative estimate of drug-likeness (QED) is 0.569. The van der Waals surface area contributed by atoms with Crippen LogP contribution < -0.4 is 5.32 Å². The smallest absolute Gasteiger partial charge is 0.311 e. The fourth-order valence-electron chi connectivity index (χ4n) is 2.06. The number of nitrogens with one attached hydrogen (secondary N) is 1. The van der Waals surface area contributed by atoms with Gasteiger partial charge in [0.15, 0.2) is 5.13 Å². The minimum atomic E-state index is -0.334. The summed E-state index contributed by atoms with van der Waals surface area (Å²) in [7, 11) is 0. The van der Waals surface area contributed by atoms with Gasteiger partial charge in [-0.1, -0.05) is 11.6 Å². The molecule has 1 N–H and O–H groups in total. The van der Waals surface area contributed by atoms with E-state index in [2.05, 4.69) is 15.3 Å². The van der Waals surface area contributed by atoms with E-state index in [1.807, 2.05) is 17.5 Å². The summed E-state index contributed by atoms with van der Waals surface area (Å²) in [5.41, 5.74) is 1.27. The molecule has 3 aromatic heterocycles. The first kappa shape index (κ1) is 19.0. The van der Waals surface area contributed by atoms with Gasteiger partial charge >= 0.3 is 5.97 Å². The molecular formula is C16H14ClN3O3S3. The van der Waals surface area contributed by atoms with Crippen LogP contribution in [0.5, 0.6) is 0 Å². The van der Waals surface area contributed by atoms with E-state index < -0.39 is 0 Å². The molecule has 0 bridgehead atoms. The molecule has 0 spiro atoms. The van der Waals surface area contributed by atoms with Gasteiger partial charge in [-0.05, 0) is 19.1 Å². The van der Waals surface area contributed by atoms with Gasteiger partial charge in [-0.3, -0.25) is 9.59 Å². The normalized spacial score (nSPS) is 10.7. The zero-order valence-corrected chi connectivity index (χ0v) is 16.9. The fraction of sp³-hybridized carbons (Fsp3) is 0.250. The molecule has 0 radical (unpaired) electrons. The molecule has 26 heavy (non-hydrogen) atoms. The molecule has 136 valence electrons. The average molecular weight is 428 g/mol. The maximum Gasteiger partial charge on any atom is 0.311 e. The number of esters is 1. The van der Waals surface area contributed by atoms with Crippen molar-refractivity contribution in [1.29, 1.82) is 0 Å². The number of thiophene rings is 1. The molecule has 1 amide bonds. The van der Waals surface area contributed by atoms with Gasteiger partial charge < -0.3 is 10.1 Å². The first-order chi connectivity index (χ1) is 12.5. The maximum atomic E-state index is 12.2. The van der Waals surface area contributed by atoms with Crippen molar-refractivity contribution in [2.45, 2.75) is 19.8 Å². The van der Waals surface area contributed by atoms with E-state index in [0.717, 1.165) is 9.88 Å². The van der Waals surface area contributed by atoms with Crippen LogP contribution in [0.15, 0.2) is 22.9 Å². The number of carbonyl (C=O) groups excluding carboxylic acids is 2. The van der Waals surface area contributed by atoms with E-state index >= 15 is 0 Å². The van der Waals surface area contributed by atoms with Crippen molar-refractivity contribution in [3.63, 3.8) is 0 Å². The van der Waals surface area contributed by atoms with Crippen molar-refractivity contribution < 1.29 is 14.3 Å². The number of hydrogen-bond acceptors (Lipinski definition) is 8. The SMILES string of the molecule is CCOC(=O)Cc1csc(NC(=O)Cc2csc(-c3ccc(Cl)s3)n2)n1. The summed E-state index contributed by atoms with van der Waals surface area (Å²) in [6.07, 6.45) is 0.251. The van der Waals surface area contributed by atoms with E-state index in [1.165, 1.54) is 34.0 Å². The third-order valence-electron chi connectivity index (χ3n) is 3.11. The van der Waals surface area contributed by atoms with Crippen LogP contribution in [-0.4, -0.2) is 28.5 Å². The predicted molar refractivity (Wildman–Crippen MR) is 105 cm³/mol. The Bertz CT molecular complexity index is 919. The minimum Gasteiger partial charge on any atom is -0.466 e. The third kappa shape index (κ3) is 5.10. The molecule has 0 saturated carbocycles. The van der Waals surface area contributed by atoms with E-state index in [0.29, 0.717) is 27.5 Å². The van der Waals surface area contributed by atoms with Crippen molar-refractivity contribution >= 4 is 62.6 Å². The summed E-state index contributed by atoms with van der Waals surface area (Å²) in [4.78, 5) is 33.3. The third-order valence-corrected chi connectivity index (χ3v) is 6.20. The predicted octanol–water partition coefficient (Wildman–Crippen LogP) is 4.27. The Morgan fingerprint density at radius 1 is 1.15 bits per heavy atom. The van der Waals surface area contributed by atoms with Gasteiger partial charge in [0.1, 0.15) is 5.01 Å². The molecule has 0 aliphatic heterocycles. The number of amides is 1. The van der Waals surface area contributed by atoms with Gasteiger partial charge in [0, 0.05) is 10.8 Å². The first-order valence-corrected chi connectivity index (χ1v) is 10.6. The summed E-state index contributed by atoms with van der Waals surface area (Å²) in [5.74, 6) is -0.539. The van der Waals surface area contributed by atoms with Crippen molar-refractivity contribution in [2.24, 2.45) is 0 Å². The Hall–Kier alpha value is -1.81. The van der Waals surface area contributed by atoms with Crippen molar-refractivity contribution in [3.8, 4) is 9.88 Å². The molecule has 0 aromatic carbocycles. The number of ether oxygens (including phenoxy) is 1. The second-order valence-electron chi connectivity index (χ2n) is 5.10. The average Bonchev–Trinajstić information content (AvgIpc) is 3.29. The Morgan fingerprint density at radius 2 is 1.92 bits per heavy atom. The van der Waals surface area contributed by atoms with Crippen molar-refractivity contribution in [3.05, 3.63) is 38.6 Å². The van der Waals surface area contributed by atoms with E-state index in [4.69, 9.17) is 16.3 Å². The fourth-order valence-corrected chi connectivity index (χ4v) is 4.73. The topological polar surface area (TPSA) is 81.2 Å². The molecule has 0 saturated heterocycles. The minimum absolute atomic E-state index is 0.0963. The lowest BCUT2D eigenvalue weighted by molar-refractivity contribution is -0.142. The van der Waals surface area contributed by atoms with Gasteiger partial charge in [-0.15, -0.1) is 34.0 Å². The zero-order chi connectivity index (χ0) is 18.5. The van der Waals surface area contributed by atoms with E-state index in [9.17, 15) is 9.59 Å². The number of aromatic nitrogens is 2. The molecule has 3 aromatic rings. The Morgan fingerprint density at radius 3 is 2.65 bits per heavy atom. The van der Waals surface area contributed by atoms with Crippen LogP contribution in [0, 0.1) is 0 Å². The largest absolute Gasteiger partial charge is 0.466 e. The summed E-state index contributed by atoms with van der Waals surface area (Å²) < 4.78 is 5.58. The highest BCUT2D eigenvalue weighted by molar-refractivity contribution is 7.23. The van der Waals surface area contributed by atoms with Crippen LogP contribution in [0.25, 0.3) is 9.88 Å². The summed E-state index contributed by atoms with van der Waals surface area (Å²) >= 11 is 10.1. The zero-order valence-electron chi connectivity index (χ0n) is 13.7. The van der Waals surface area contributed by atoms with Gasteiger partial charge in [0.05, 0.1) is 40.0 Å². The van der Waals surface area contributed by atoms with Gasteiger partial charge in [0.25, 0.3) is 0 Å². The van der Waals surface area contributed by atoms with Crippen LogP contribution in [-0.2, 0) is 27.2 Å². The standard InChI is InChI=1S/C16H14ClN3O3S3/c1-2-23-14(22)6-10-8-25-16(19-10)20-13(21)5-9-7-24-15(18-9)11-3-4-12(17)26-11/h3-4,7-8H,2,5-6H2,1H3,(H,19,20,21). The Balaban J connectivity index is 1.55. The molecule has 0 aliphatic rings. The highest BCUT2D eigenvalue weighted by Gasteiger charge is 2.13. The first-order valence-electron chi connectivity index (χ1n) is 7.63. The highest BCUT2D eigenvalue weighted by Crippen LogP contribution is 2.33. The van der Waals surface area contributed by atoms with E-state index in [-0.39, 0.29) is 24.7 Å². The summed E-state index contributed by atoms with van der Waals surface area (Å²) in [5, 5.41) is 7.62. The summed E-state index contributed by atoms with van der Waals surface area (Å²) in [6.45, 7) is 2.08. The number of anilines is 1. The molecule has 0 unspecified atom stereocenters. The Kier molecular flexibility index (Phi) is 6.36. The van der Waals surface area contributed by atoms with Crippen LogP contribution in [0.2, 0.25) is 4.34 Å². The molecule has 6 nitrogen and oxygen atoms in total. The molecule has 3 rings (SSSR count). The van der Waals surface area contributed by atoms with Gasteiger partial charge in [-0.2, -0.15) is 0 Å². The molecular weight excluding hydrogens is 414 g/mol. The highest BCUT2D eigenvalue weighted by atomic mass is 35.5. The number of carbonyl (C=O) groups is 2. The van der Waals surface area contributed by atoms with Gasteiger partial charge in [0.2, 0.25) is 5.91 Å². The van der Waals surface area contributed by atoms with Crippen molar-refractivity contribution in [2.75, 3.05) is 11.9 Å². The molecule has 0 fully saturated rings. The lowest BCUT2D eigenvalue weighted by atomic mass is 10.3. The molecule has 10 heteroatoms. The second-order valence-corrected chi connectivity index (χ2v) is 8.53. The number of thiazole rings is 2.